The van der Waals surface area contributed by atoms with Gasteiger partial charge in [0.25, 0.3) is 0 Å². The minimum absolute atomic E-state index is 0.0620. The van der Waals surface area contributed by atoms with Gasteiger partial charge in [-0.3, -0.25) is 4.79 Å². The van der Waals surface area contributed by atoms with E-state index >= 15 is 0 Å². The van der Waals surface area contributed by atoms with Gasteiger partial charge in [0.15, 0.2) is 0 Å². The van der Waals surface area contributed by atoms with E-state index in [1.54, 1.807) is 6.07 Å². The predicted octanol–water partition coefficient (Wildman–Crippen LogP) is 1.06. The van der Waals surface area contributed by atoms with Gasteiger partial charge in [-0.25, -0.2) is 4.39 Å². The summed E-state index contributed by atoms with van der Waals surface area (Å²) in [6.45, 7) is 1.01. The molecular weight excluding hydrogens is 223 g/mol. The fourth-order valence-corrected chi connectivity index (χ4v) is 1.70. The third kappa shape index (κ3) is 5.42. The Morgan fingerprint density at radius 3 is 2.88 bits per heavy atom. The summed E-state index contributed by atoms with van der Waals surface area (Å²) < 4.78 is 12.9. The summed E-state index contributed by atoms with van der Waals surface area (Å²) >= 11 is 0. The number of carboxylic acids is 1. The molecular formula is C12H17FN2O2. The van der Waals surface area contributed by atoms with Crippen LogP contribution in [0.15, 0.2) is 24.3 Å². The van der Waals surface area contributed by atoms with Gasteiger partial charge < -0.3 is 15.7 Å². The van der Waals surface area contributed by atoms with Gasteiger partial charge in [0.05, 0.1) is 6.42 Å². The third-order valence-electron chi connectivity index (χ3n) is 2.32. The van der Waals surface area contributed by atoms with E-state index in [9.17, 15) is 9.18 Å². The van der Waals surface area contributed by atoms with Crippen molar-refractivity contribution in [3.8, 4) is 0 Å². The highest BCUT2D eigenvalue weighted by Crippen LogP contribution is 2.06. The van der Waals surface area contributed by atoms with Crippen molar-refractivity contribution in [2.24, 2.45) is 5.73 Å². The van der Waals surface area contributed by atoms with Crippen molar-refractivity contribution < 1.29 is 14.3 Å². The molecule has 5 heteroatoms. The first-order valence-electron chi connectivity index (χ1n) is 5.37. The van der Waals surface area contributed by atoms with Crippen LogP contribution in [-0.4, -0.2) is 35.6 Å². The number of nitrogens with two attached hydrogens (primary N) is 1. The van der Waals surface area contributed by atoms with Crippen LogP contribution in [0.2, 0.25) is 0 Å². The van der Waals surface area contributed by atoms with Crippen LogP contribution in [0.5, 0.6) is 0 Å². The number of nitrogens with zero attached hydrogens (tertiary/aromatic N) is 1. The molecule has 0 fully saturated rings. The van der Waals surface area contributed by atoms with Crippen LogP contribution >= 0.6 is 0 Å². The Hall–Kier alpha value is -1.46. The van der Waals surface area contributed by atoms with E-state index in [0.29, 0.717) is 13.1 Å². The zero-order valence-corrected chi connectivity index (χ0v) is 9.77. The number of carbonyl (C=O) groups is 1. The highest BCUT2D eigenvalue weighted by molar-refractivity contribution is 5.67. The van der Waals surface area contributed by atoms with Gasteiger partial charge in [-0.15, -0.1) is 0 Å². The lowest BCUT2D eigenvalue weighted by Crippen LogP contribution is -2.36. The molecule has 0 saturated carbocycles. The Balaban J connectivity index is 2.44. The number of carboxylic acid groups (broad SMARTS) is 1. The fraction of sp³-hybridized carbons (Fsp3) is 0.417. The molecule has 0 aromatic heterocycles. The second-order valence-corrected chi connectivity index (χ2v) is 4.18. The van der Waals surface area contributed by atoms with E-state index in [0.717, 1.165) is 5.56 Å². The van der Waals surface area contributed by atoms with E-state index in [4.69, 9.17) is 10.8 Å². The van der Waals surface area contributed by atoms with Crippen LogP contribution < -0.4 is 5.73 Å². The summed E-state index contributed by atoms with van der Waals surface area (Å²) in [5, 5.41) is 8.57. The number of likely N-dealkylation sites (N-methyl/N-ethyl adjacent to an activating group) is 1. The maximum atomic E-state index is 12.9. The highest BCUT2D eigenvalue weighted by atomic mass is 19.1. The lowest BCUT2D eigenvalue weighted by molar-refractivity contribution is -0.137. The van der Waals surface area contributed by atoms with Crippen molar-refractivity contribution in [3.63, 3.8) is 0 Å². The van der Waals surface area contributed by atoms with Gasteiger partial charge in [0, 0.05) is 19.1 Å². The summed E-state index contributed by atoms with van der Waals surface area (Å²) in [6, 6.07) is 5.91. The molecule has 0 saturated heterocycles. The van der Waals surface area contributed by atoms with E-state index in [1.165, 1.54) is 12.1 Å². The molecule has 0 aliphatic rings. The van der Waals surface area contributed by atoms with Crippen molar-refractivity contribution >= 4 is 5.97 Å². The molecule has 1 unspecified atom stereocenters. The molecule has 17 heavy (non-hydrogen) atoms. The van der Waals surface area contributed by atoms with Crippen molar-refractivity contribution in [1.29, 1.82) is 0 Å². The lowest BCUT2D eigenvalue weighted by atomic mass is 10.2. The number of rotatable bonds is 6. The molecule has 0 bridgehead atoms. The summed E-state index contributed by atoms with van der Waals surface area (Å²) in [4.78, 5) is 12.3. The molecule has 0 aliphatic carbocycles. The molecule has 0 radical (unpaired) electrons. The third-order valence-corrected chi connectivity index (χ3v) is 2.32. The van der Waals surface area contributed by atoms with Crippen molar-refractivity contribution in [1.82, 2.24) is 4.90 Å². The SMILES string of the molecule is CN(Cc1cccc(F)c1)CC(N)CC(=O)O. The van der Waals surface area contributed by atoms with E-state index in [1.807, 2.05) is 18.0 Å². The van der Waals surface area contributed by atoms with Crippen molar-refractivity contribution in [3.05, 3.63) is 35.6 Å². The number of hydrogen-bond acceptors (Lipinski definition) is 3. The van der Waals surface area contributed by atoms with Crippen LogP contribution in [-0.2, 0) is 11.3 Å². The Morgan fingerprint density at radius 1 is 1.59 bits per heavy atom. The van der Waals surface area contributed by atoms with Gasteiger partial charge in [0.1, 0.15) is 5.82 Å². The highest BCUT2D eigenvalue weighted by Gasteiger charge is 2.11. The van der Waals surface area contributed by atoms with E-state index in [-0.39, 0.29) is 12.2 Å². The summed E-state index contributed by atoms with van der Waals surface area (Å²) in [6.07, 6.45) is -0.0620. The average Bonchev–Trinajstić information content (AvgIpc) is 2.14. The summed E-state index contributed by atoms with van der Waals surface area (Å²) in [5.74, 6) is -1.18. The van der Waals surface area contributed by atoms with E-state index < -0.39 is 12.0 Å². The first-order valence-corrected chi connectivity index (χ1v) is 5.37. The number of aliphatic carboxylic acids is 1. The average molecular weight is 240 g/mol. The van der Waals surface area contributed by atoms with Crippen LogP contribution in [0.25, 0.3) is 0 Å². The monoisotopic (exact) mass is 240 g/mol. The van der Waals surface area contributed by atoms with Gasteiger partial charge in [0.2, 0.25) is 0 Å². The molecule has 1 atom stereocenters. The van der Waals surface area contributed by atoms with Crippen molar-refractivity contribution in [2.75, 3.05) is 13.6 Å². The number of benzene rings is 1. The Bertz CT molecular complexity index is 385. The van der Waals surface area contributed by atoms with Crippen LogP contribution in [0.3, 0.4) is 0 Å². The normalized spacial score (nSPS) is 12.7. The van der Waals surface area contributed by atoms with Crippen LogP contribution in [0.4, 0.5) is 4.39 Å². The Kier molecular flexibility index (Phi) is 5.06. The Labute approximate surface area is 99.8 Å². The van der Waals surface area contributed by atoms with Gasteiger partial charge >= 0.3 is 5.97 Å². The first-order chi connectivity index (χ1) is 7.97. The number of hydrogen-bond donors (Lipinski definition) is 2. The molecule has 1 aromatic carbocycles. The molecule has 3 N–H and O–H groups in total. The first kappa shape index (κ1) is 13.6. The minimum atomic E-state index is -0.906. The van der Waals surface area contributed by atoms with Gasteiger partial charge in [-0.1, -0.05) is 12.1 Å². The number of halogens is 1. The zero-order chi connectivity index (χ0) is 12.8. The maximum Gasteiger partial charge on any atom is 0.304 e. The second kappa shape index (κ2) is 6.32. The topological polar surface area (TPSA) is 66.6 Å². The molecule has 1 rings (SSSR count). The Morgan fingerprint density at radius 2 is 2.29 bits per heavy atom. The predicted molar refractivity (Wildman–Crippen MR) is 63.0 cm³/mol. The van der Waals surface area contributed by atoms with Crippen LogP contribution in [0.1, 0.15) is 12.0 Å². The smallest absolute Gasteiger partial charge is 0.304 e. The fourth-order valence-electron chi connectivity index (χ4n) is 1.70. The molecule has 1 aromatic rings. The molecule has 0 amide bonds. The zero-order valence-electron chi connectivity index (χ0n) is 9.77. The van der Waals surface area contributed by atoms with Crippen LogP contribution in [0, 0.1) is 5.82 Å². The molecule has 0 aliphatic heterocycles. The molecule has 4 nitrogen and oxygen atoms in total. The van der Waals surface area contributed by atoms with Gasteiger partial charge in [-0.05, 0) is 24.7 Å². The standard InChI is InChI=1S/C12H17FN2O2/c1-15(8-11(14)6-12(16)17)7-9-3-2-4-10(13)5-9/h2-5,11H,6-8,14H2,1H3,(H,16,17). The second-order valence-electron chi connectivity index (χ2n) is 4.18. The van der Waals surface area contributed by atoms with Gasteiger partial charge in [-0.2, -0.15) is 0 Å². The molecule has 0 heterocycles. The maximum absolute atomic E-state index is 12.9. The largest absolute Gasteiger partial charge is 0.481 e. The van der Waals surface area contributed by atoms with Crippen molar-refractivity contribution in [2.45, 2.75) is 19.0 Å². The lowest BCUT2D eigenvalue weighted by Gasteiger charge is -2.20. The molecule has 0 spiro atoms. The minimum Gasteiger partial charge on any atom is -0.481 e. The molecule has 94 valence electrons. The summed E-state index contributed by atoms with van der Waals surface area (Å²) in [5.41, 5.74) is 6.51. The quantitative estimate of drug-likeness (QED) is 0.780. The van der Waals surface area contributed by atoms with E-state index in [2.05, 4.69) is 0 Å². The summed E-state index contributed by atoms with van der Waals surface area (Å²) in [7, 11) is 1.83.